The van der Waals surface area contributed by atoms with Gasteiger partial charge in [-0.1, -0.05) is 12.1 Å². The highest BCUT2D eigenvalue weighted by molar-refractivity contribution is 7.12. The molecule has 2 atom stereocenters. The quantitative estimate of drug-likeness (QED) is 0.757. The van der Waals surface area contributed by atoms with Crippen LogP contribution in [0.3, 0.4) is 0 Å². The standard InChI is InChI=1S/C18H22N4S/c1-12-9-18(15(4)23-12)14(3)21-13(2)16-5-7-17(8-6-16)22-11-19-10-20-22/h5-11,13-14,21H,1-4H3/t13-,14-/m0/s1. The van der Waals surface area contributed by atoms with Crippen molar-refractivity contribution in [2.24, 2.45) is 0 Å². The Morgan fingerprint density at radius 1 is 1.09 bits per heavy atom. The van der Waals surface area contributed by atoms with Crippen LogP contribution < -0.4 is 5.32 Å². The predicted molar refractivity (Wildman–Crippen MR) is 95.1 cm³/mol. The van der Waals surface area contributed by atoms with E-state index in [1.165, 1.54) is 20.9 Å². The van der Waals surface area contributed by atoms with Gasteiger partial charge in [0.1, 0.15) is 12.7 Å². The van der Waals surface area contributed by atoms with Gasteiger partial charge in [-0.15, -0.1) is 11.3 Å². The fourth-order valence-electron chi connectivity index (χ4n) is 2.90. The normalized spacial score (nSPS) is 13.9. The van der Waals surface area contributed by atoms with Crippen molar-refractivity contribution in [3.63, 3.8) is 0 Å². The molecule has 5 heteroatoms. The van der Waals surface area contributed by atoms with E-state index in [2.05, 4.69) is 73.4 Å². The van der Waals surface area contributed by atoms with E-state index in [-0.39, 0.29) is 6.04 Å². The third kappa shape index (κ3) is 3.51. The van der Waals surface area contributed by atoms with E-state index in [9.17, 15) is 0 Å². The second-order valence-corrected chi connectivity index (χ2v) is 7.37. The Morgan fingerprint density at radius 2 is 1.83 bits per heavy atom. The van der Waals surface area contributed by atoms with Crippen molar-refractivity contribution < 1.29 is 0 Å². The lowest BCUT2D eigenvalue weighted by Gasteiger charge is -2.21. The van der Waals surface area contributed by atoms with Gasteiger partial charge in [-0.2, -0.15) is 5.10 Å². The molecule has 0 saturated carbocycles. The highest BCUT2D eigenvalue weighted by Gasteiger charge is 2.14. The molecule has 0 amide bonds. The molecule has 0 unspecified atom stereocenters. The minimum Gasteiger partial charge on any atom is -0.304 e. The summed E-state index contributed by atoms with van der Waals surface area (Å²) in [5.74, 6) is 0. The van der Waals surface area contributed by atoms with E-state index in [0.29, 0.717) is 6.04 Å². The summed E-state index contributed by atoms with van der Waals surface area (Å²) >= 11 is 1.87. The molecule has 0 bridgehead atoms. The Kier molecular flexibility index (Phi) is 4.59. The zero-order valence-electron chi connectivity index (χ0n) is 13.9. The van der Waals surface area contributed by atoms with Crippen molar-refractivity contribution in [1.29, 1.82) is 0 Å². The van der Waals surface area contributed by atoms with E-state index in [1.54, 1.807) is 17.3 Å². The maximum Gasteiger partial charge on any atom is 0.138 e. The second-order valence-electron chi connectivity index (χ2n) is 5.91. The molecular weight excluding hydrogens is 304 g/mol. The molecule has 0 aliphatic heterocycles. The molecular formula is C18H22N4S. The van der Waals surface area contributed by atoms with Gasteiger partial charge < -0.3 is 5.32 Å². The first-order chi connectivity index (χ1) is 11.0. The lowest BCUT2D eigenvalue weighted by molar-refractivity contribution is 0.494. The minimum absolute atomic E-state index is 0.286. The Hall–Kier alpha value is -1.98. The summed E-state index contributed by atoms with van der Waals surface area (Å²) < 4.78 is 1.77. The van der Waals surface area contributed by atoms with Crippen molar-refractivity contribution in [3.8, 4) is 5.69 Å². The molecule has 0 radical (unpaired) electrons. The van der Waals surface area contributed by atoms with E-state index in [1.807, 2.05) is 11.3 Å². The molecule has 3 rings (SSSR count). The zero-order valence-corrected chi connectivity index (χ0v) is 14.8. The summed E-state index contributed by atoms with van der Waals surface area (Å²) in [5, 5.41) is 7.84. The first-order valence-electron chi connectivity index (χ1n) is 7.82. The van der Waals surface area contributed by atoms with Gasteiger partial charge >= 0.3 is 0 Å². The Morgan fingerprint density at radius 3 is 2.39 bits per heavy atom. The Bertz CT molecular complexity index is 759. The molecule has 0 saturated heterocycles. The maximum atomic E-state index is 4.15. The van der Waals surface area contributed by atoms with Crippen molar-refractivity contribution in [2.75, 3.05) is 0 Å². The van der Waals surface area contributed by atoms with Gasteiger partial charge in [0.25, 0.3) is 0 Å². The monoisotopic (exact) mass is 326 g/mol. The first kappa shape index (κ1) is 15.9. The van der Waals surface area contributed by atoms with E-state index >= 15 is 0 Å². The molecule has 3 aromatic rings. The number of aryl methyl sites for hydroxylation is 2. The van der Waals surface area contributed by atoms with Crippen LogP contribution in [0.15, 0.2) is 43.0 Å². The van der Waals surface area contributed by atoms with Crippen LogP contribution in [-0.2, 0) is 0 Å². The smallest absolute Gasteiger partial charge is 0.138 e. The fourth-order valence-corrected chi connectivity index (χ4v) is 3.92. The molecule has 2 heterocycles. The van der Waals surface area contributed by atoms with Crippen LogP contribution in [0.5, 0.6) is 0 Å². The van der Waals surface area contributed by atoms with Crippen LogP contribution >= 0.6 is 11.3 Å². The highest BCUT2D eigenvalue weighted by Crippen LogP contribution is 2.28. The highest BCUT2D eigenvalue weighted by atomic mass is 32.1. The molecule has 0 spiro atoms. The third-order valence-electron chi connectivity index (χ3n) is 4.12. The average Bonchev–Trinajstić information content (AvgIpc) is 3.17. The van der Waals surface area contributed by atoms with E-state index in [4.69, 9.17) is 0 Å². The number of nitrogens with one attached hydrogen (secondary N) is 1. The Balaban J connectivity index is 1.70. The summed E-state index contributed by atoms with van der Waals surface area (Å²) in [6, 6.07) is 11.4. The van der Waals surface area contributed by atoms with Gasteiger partial charge in [-0.25, -0.2) is 9.67 Å². The lowest BCUT2D eigenvalue weighted by Crippen LogP contribution is -2.22. The maximum absolute atomic E-state index is 4.15. The predicted octanol–water partition coefficient (Wildman–Crippen LogP) is 4.36. The number of hydrogen-bond acceptors (Lipinski definition) is 4. The van der Waals surface area contributed by atoms with Crippen molar-refractivity contribution in [1.82, 2.24) is 20.1 Å². The van der Waals surface area contributed by atoms with E-state index in [0.717, 1.165) is 5.69 Å². The van der Waals surface area contributed by atoms with Crippen LogP contribution in [0.4, 0.5) is 0 Å². The molecule has 23 heavy (non-hydrogen) atoms. The van der Waals surface area contributed by atoms with Gasteiger partial charge in [0.2, 0.25) is 0 Å². The fraction of sp³-hybridized carbons (Fsp3) is 0.333. The summed E-state index contributed by atoms with van der Waals surface area (Å²) in [4.78, 5) is 6.75. The molecule has 4 nitrogen and oxygen atoms in total. The summed E-state index contributed by atoms with van der Waals surface area (Å²) in [7, 11) is 0. The van der Waals surface area contributed by atoms with Gasteiger partial charge in [0.15, 0.2) is 0 Å². The average molecular weight is 326 g/mol. The SMILES string of the molecule is Cc1cc([C@H](C)N[C@@H](C)c2ccc(-n3cncn3)cc2)c(C)s1. The molecule has 0 aliphatic carbocycles. The number of benzene rings is 1. The summed E-state index contributed by atoms with van der Waals surface area (Å²) in [5.41, 5.74) is 3.69. The largest absolute Gasteiger partial charge is 0.304 e. The van der Waals surface area contributed by atoms with Crippen molar-refractivity contribution in [3.05, 3.63) is 63.9 Å². The molecule has 2 aromatic heterocycles. The number of nitrogens with zero attached hydrogens (tertiary/aromatic N) is 3. The van der Waals surface area contributed by atoms with Gasteiger partial charge in [0, 0.05) is 21.8 Å². The van der Waals surface area contributed by atoms with Crippen LogP contribution in [0.25, 0.3) is 5.69 Å². The molecule has 1 N–H and O–H groups in total. The van der Waals surface area contributed by atoms with Crippen LogP contribution in [-0.4, -0.2) is 14.8 Å². The lowest BCUT2D eigenvalue weighted by atomic mass is 10.0. The third-order valence-corrected chi connectivity index (χ3v) is 5.10. The van der Waals surface area contributed by atoms with Gasteiger partial charge in [-0.3, -0.25) is 0 Å². The molecule has 120 valence electrons. The molecule has 1 aromatic carbocycles. The number of aromatic nitrogens is 3. The second kappa shape index (κ2) is 6.64. The number of thiophene rings is 1. The number of rotatable bonds is 5. The van der Waals surface area contributed by atoms with Crippen LogP contribution in [0, 0.1) is 13.8 Å². The van der Waals surface area contributed by atoms with Crippen molar-refractivity contribution >= 4 is 11.3 Å². The van der Waals surface area contributed by atoms with Gasteiger partial charge in [0.05, 0.1) is 5.69 Å². The summed E-state index contributed by atoms with van der Waals surface area (Å²) in [6.07, 6.45) is 3.26. The summed E-state index contributed by atoms with van der Waals surface area (Å²) in [6.45, 7) is 8.80. The topological polar surface area (TPSA) is 42.7 Å². The van der Waals surface area contributed by atoms with Gasteiger partial charge in [-0.05, 0) is 57.0 Å². The van der Waals surface area contributed by atoms with Crippen molar-refractivity contribution in [2.45, 2.75) is 39.8 Å². The minimum atomic E-state index is 0.286. The Labute approximate surface area is 141 Å². The molecule has 0 aliphatic rings. The molecule has 0 fully saturated rings. The first-order valence-corrected chi connectivity index (χ1v) is 8.64. The number of hydrogen-bond donors (Lipinski definition) is 1. The van der Waals surface area contributed by atoms with Crippen LogP contribution in [0.2, 0.25) is 0 Å². The van der Waals surface area contributed by atoms with Crippen LogP contribution in [0.1, 0.15) is 46.8 Å². The zero-order chi connectivity index (χ0) is 16.4. The van der Waals surface area contributed by atoms with E-state index < -0.39 is 0 Å².